The summed E-state index contributed by atoms with van der Waals surface area (Å²) in [5.74, 6) is 0. The lowest BCUT2D eigenvalue weighted by Crippen LogP contribution is -2.25. The molecule has 0 aliphatic carbocycles. The minimum Gasteiger partial charge on any atom is -0.398 e. The van der Waals surface area contributed by atoms with Crippen LogP contribution in [0, 0.1) is 0 Å². The molecule has 0 aliphatic heterocycles. The molecule has 1 aromatic rings. The molecule has 8 heteroatoms. The number of halogens is 1. The Labute approximate surface area is 130 Å². The van der Waals surface area contributed by atoms with Gasteiger partial charge in [0.2, 0.25) is 10.0 Å². The molecule has 0 atom stereocenters. The number of nitrogens with one attached hydrogen (secondary N) is 1. The van der Waals surface area contributed by atoms with Crippen molar-refractivity contribution in [1.82, 2.24) is 4.72 Å². The van der Waals surface area contributed by atoms with Gasteiger partial charge in [0, 0.05) is 20.3 Å². The van der Waals surface area contributed by atoms with Gasteiger partial charge in [-0.3, -0.25) is 0 Å². The van der Waals surface area contributed by atoms with E-state index in [4.69, 9.17) is 26.8 Å². The molecule has 0 radical (unpaired) electrons. The maximum atomic E-state index is 12.0. The summed E-state index contributed by atoms with van der Waals surface area (Å²) in [4.78, 5) is 0.109. The van der Waals surface area contributed by atoms with Crippen LogP contribution in [0.15, 0.2) is 23.1 Å². The van der Waals surface area contributed by atoms with E-state index in [2.05, 4.69) is 4.72 Å². The average molecular weight is 337 g/mol. The van der Waals surface area contributed by atoms with Crippen LogP contribution < -0.4 is 10.5 Å². The van der Waals surface area contributed by atoms with Gasteiger partial charge in [-0.25, -0.2) is 13.1 Å². The molecule has 1 rings (SSSR count). The van der Waals surface area contributed by atoms with E-state index in [1.54, 1.807) is 7.11 Å². The molecule has 0 fully saturated rings. The zero-order valence-electron chi connectivity index (χ0n) is 12.0. The van der Waals surface area contributed by atoms with Crippen molar-refractivity contribution in [3.05, 3.63) is 23.2 Å². The van der Waals surface area contributed by atoms with Crippen molar-refractivity contribution in [3.8, 4) is 0 Å². The third-order valence-electron chi connectivity index (χ3n) is 2.72. The Morgan fingerprint density at radius 1 is 1.24 bits per heavy atom. The number of hydrogen-bond donors (Lipinski definition) is 2. The highest BCUT2D eigenvalue weighted by Crippen LogP contribution is 2.22. The Hall–Kier alpha value is -0.860. The van der Waals surface area contributed by atoms with Crippen molar-refractivity contribution in [2.24, 2.45) is 0 Å². The summed E-state index contributed by atoms with van der Waals surface area (Å²) in [6.45, 7) is 2.04. The molecule has 120 valence electrons. The lowest BCUT2D eigenvalue weighted by atomic mass is 10.3. The van der Waals surface area contributed by atoms with Gasteiger partial charge < -0.3 is 15.2 Å². The number of benzene rings is 1. The molecular weight excluding hydrogens is 316 g/mol. The molecule has 0 unspecified atom stereocenters. The molecule has 0 saturated carbocycles. The van der Waals surface area contributed by atoms with Gasteiger partial charge in [0.1, 0.15) is 0 Å². The Morgan fingerprint density at radius 3 is 2.67 bits per heavy atom. The van der Waals surface area contributed by atoms with Crippen molar-refractivity contribution in [3.63, 3.8) is 0 Å². The number of nitrogen functional groups attached to an aromatic ring is 1. The van der Waals surface area contributed by atoms with Gasteiger partial charge in [-0.15, -0.1) is 0 Å². The van der Waals surface area contributed by atoms with E-state index in [9.17, 15) is 8.42 Å². The van der Waals surface area contributed by atoms with E-state index in [-0.39, 0.29) is 9.92 Å². The quantitative estimate of drug-likeness (QED) is 0.500. The van der Waals surface area contributed by atoms with E-state index in [1.807, 2.05) is 0 Å². The lowest BCUT2D eigenvalue weighted by Gasteiger charge is -2.08. The second-order valence-corrected chi connectivity index (χ2v) is 6.57. The number of rotatable bonds is 10. The van der Waals surface area contributed by atoms with E-state index in [1.165, 1.54) is 18.2 Å². The maximum absolute atomic E-state index is 12.0. The number of ether oxygens (including phenoxy) is 2. The number of anilines is 1. The van der Waals surface area contributed by atoms with Gasteiger partial charge in [-0.05, 0) is 31.0 Å². The Morgan fingerprint density at radius 2 is 2.00 bits per heavy atom. The highest BCUT2D eigenvalue weighted by molar-refractivity contribution is 7.89. The first-order valence-corrected chi connectivity index (χ1v) is 8.45. The SMILES string of the molecule is COCCOCCCCNS(=O)(=O)c1ccc(N)c(Cl)c1. The van der Waals surface area contributed by atoms with Crippen LogP contribution in [0.25, 0.3) is 0 Å². The lowest BCUT2D eigenvalue weighted by molar-refractivity contribution is 0.0689. The zero-order chi connectivity index (χ0) is 15.7. The monoisotopic (exact) mass is 336 g/mol. The van der Waals surface area contributed by atoms with Crippen LogP contribution >= 0.6 is 11.6 Å². The summed E-state index contributed by atoms with van der Waals surface area (Å²) < 4.78 is 36.7. The van der Waals surface area contributed by atoms with Gasteiger partial charge in [0.15, 0.2) is 0 Å². The van der Waals surface area contributed by atoms with Crippen LogP contribution in [0.4, 0.5) is 5.69 Å². The third-order valence-corrected chi connectivity index (χ3v) is 4.51. The fourth-order valence-electron chi connectivity index (χ4n) is 1.54. The van der Waals surface area contributed by atoms with Gasteiger partial charge in [0.25, 0.3) is 0 Å². The van der Waals surface area contributed by atoms with E-state index >= 15 is 0 Å². The molecule has 1 aromatic carbocycles. The maximum Gasteiger partial charge on any atom is 0.240 e. The zero-order valence-corrected chi connectivity index (χ0v) is 13.5. The molecule has 0 aromatic heterocycles. The van der Waals surface area contributed by atoms with Crippen LogP contribution in [-0.4, -0.2) is 41.9 Å². The topological polar surface area (TPSA) is 90.6 Å². The van der Waals surface area contributed by atoms with E-state index in [0.717, 1.165) is 6.42 Å². The molecule has 0 heterocycles. The molecule has 21 heavy (non-hydrogen) atoms. The highest BCUT2D eigenvalue weighted by atomic mass is 35.5. The molecule has 6 nitrogen and oxygen atoms in total. The standard InChI is InChI=1S/C13H21ClN2O4S/c1-19-8-9-20-7-3-2-6-16-21(17,18)11-4-5-13(15)12(14)10-11/h4-5,10,16H,2-3,6-9,15H2,1H3. The first-order valence-electron chi connectivity index (χ1n) is 6.59. The van der Waals surface area contributed by atoms with Gasteiger partial charge in [0.05, 0.1) is 28.8 Å². The highest BCUT2D eigenvalue weighted by Gasteiger charge is 2.14. The van der Waals surface area contributed by atoms with Gasteiger partial charge in [-0.1, -0.05) is 11.6 Å². The molecule has 3 N–H and O–H groups in total. The first kappa shape index (κ1) is 18.2. The van der Waals surface area contributed by atoms with Crippen LogP contribution in [-0.2, 0) is 19.5 Å². The largest absolute Gasteiger partial charge is 0.398 e. The smallest absolute Gasteiger partial charge is 0.240 e. The first-order chi connectivity index (χ1) is 9.97. The fraction of sp³-hybridized carbons (Fsp3) is 0.538. The normalized spacial score (nSPS) is 11.7. The van der Waals surface area contributed by atoms with Crippen LogP contribution in [0.3, 0.4) is 0 Å². The van der Waals surface area contributed by atoms with Crippen LogP contribution in [0.5, 0.6) is 0 Å². The van der Waals surface area contributed by atoms with Crippen LogP contribution in [0.2, 0.25) is 5.02 Å². The summed E-state index contributed by atoms with van der Waals surface area (Å²) in [6, 6.07) is 4.24. The Balaban J connectivity index is 2.31. The van der Waals surface area contributed by atoms with Crippen molar-refractivity contribution in [1.29, 1.82) is 0 Å². The molecule has 0 spiro atoms. The second-order valence-electron chi connectivity index (χ2n) is 4.39. The summed E-state index contributed by atoms with van der Waals surface area (Å²) in [5.41, 5.74) is 5.90. The predicted octanol–water partition coefficient (Wildman–Crippen LogP) is 1.64. The van der Waals surface area contributed by atoms with Crippen molar-refractivity contribution in [2.45, 2.75) is 17.7 Å². The van der Waals surface area contributed by atoms with E-state index in [0.29, 0.717) is 38.5 Å². The summed E-state index contributed by atoms with van der Waals surface area (Å²) >= 11 is 5.82. The second kappa shape index (κ2) is 9.22. The Kier molecular flexibility index (Phi) is 7.98. The minimum absolute atomic E-state index is 0.109. The van der Waals surface area contributed by atoms with Gasteiger partial charge in [-0.2, -0.15) is 0 Å². The third kappa shape index (κ3) is 6.62. The van der Waals surface area contributed by atoms with Crippen molar-refractivity contribution >= 4 is 27.3 Å². The summed E-state index contributed by atoms with van der Waals surface area (Å²) in [6.07, 6.45) is 1.46. The molecule has 0 aliphatic rings. The van der Waals surface area contributed by atoms with E-state index < -0.39 is 10.0 Å². The number of methoxy groups -OCH3 is 1. The molecular formula is C13H21ClN2O4S. The Bertz CT molecular complexity index is 537. The number of hydrogen-bond acceptors (Lipinski definition) is 5. The van der Waals surface area contributed by atoms with Crippen LogP contribution in [0.1, 0.15) is 12.8 Å². The summed E-state index contributed by atoms with van der Waals surface area (Å²) in [5, 5.41) is 0.226. The number of nitrogens with two attached hydrogens (primary N) is 1. The van der Waals surface area contributed by atoms with Crippen molar-refractivity contribution in [2.75, 3.05) is 39.2 Å². The number of sulfonamides is 1. The van der Waals surface area contributed by atoms with Gasteiger partial charge >= 0.3 is 0 Å². The predicted molar refractivity (Wildman–Crippen MR) is 83.0 cm³/mol. The molecule has 0 saturated heterocycles. The van der Waals surface area contributed by atoms with Crippen molar-refractivity contribution < 1.29 is 17.9 Å². The average Bonchev–Trinajstić information content (AvgIpc) is 2.44. The fourth-order valence-corrected chi connectivity index (χ4v) is 2.88. The summed E-state index contributed by atoms with van der Waals surface area (Å²) in [7, 11) is -1.94. The molecule has 0 bridgehead atoms. The molecule has 0 amide bonds. The number of unbranched alkanes of at least 4 members (excludes halogenated alkanes) is 1. The minimum atomic E-state index is -3.55.